The van der Waals surface area contributed by atoms with E-state index < -0.39 is 5.97 Å². The SMILES string of the molecule is CC(C)(C)c1ccc(COC(=O)CNC(=O)c2ccc(C(C)(C)C)cc2)cc1. The van der Waals surface area contributed by atoms with Gasteiger partial charge in [0.25, 0.3) is 5.91 Å². The summed E-state index contributed by atoms with van der Waals surface area (Å²) in [5.74, 6) is -0.744. The predicted molar refractivity (Wildman–Crippen MR) is 112 cm³/mol. The van der Waals surface area contributed by atoms with Crippen LogP contribution in [0.3, 0.4) is 0 Å². The summed E-state index contributed by atoms with van der Waals surface area (Å²) in [6.07, 6.45) is 0. The van der Waals surface area contributed by atoms with Crippen molar-refractivity contribution in [1.29, 1.82) is 0 Å². The zero-order valence-electron chi connectivity index (χ0n) is 17.8. The minimum absolute atomic E-state index is 0.0316. The number of carbonyl (C=O) groups excluding carboxylic acids is 2. The van der Waals surface area contributed by atoms with Crippen LogP contribution in [0.25, 0.3) is 0 Å². The third-order valence-corrected chi connectivity index (χ3v) is 4.63. The molecule has 0 radical (unpaired) electrons. The summed E-state index contributed by atoms with van der Waals surface area (Å²) >= 11 is 0. The molecule has 0 saturated heterocycles. The molecule has 0 aliphatic rings. The van der Waals surface area contributed by atoms with Crippen LogP contribution in [0.1, 0.15) is 68.6 Å². The third kappa shape index (κ3) is 6.22. The largest absolute Gasteiger partial charge is 0.460 e. The van der Waals surface area contributed by atoms with E-state index in [4.69, 9.17) is 4.74 Å². The zero-order chi connectivity index (χ0) is 20.9. The van der Waals surface area contributed by atoms with Gasteiger partial charge in [0.1, 0.15) is 13.2 Å². The lowest BCUT2D eigenvalue weighted by atomic mass is 9.87. The van der Waals surface area contributed by atoms with Gasteiger partial charge < -0.3 is 10.1 Å². The fourth-order valence-corrected chi connectivity index (χ4v) is 2.69. The van der Waals surface area contributed by atoms with Crippen molar-refractivity contribution in [3.63, 3.8) is 0 Å². The van der Waals surface area contributed by atoms with Gasteiger partial charge in [0.15, 0.2) is 0 Å². The monoisotopic (exact) mass is 381 g/mol. The molecule has 2 rings (SSSR count). The Labute approximate surface area is 168 Å². The van der Waals surface area contributed by atoms with E-state index in [2.05, 4.69) is 46.9 Å². The molecule has 0 bridgehead atoms. The zero-order valence-corrected chi connectivity index (χ0v) is 17.8. The lowest BCUT2D eigenvalue weighted by molar-refractivity contribution is -0.143. The molecule has 150 valence electrons. The number of carbonyl (C=O) groups is 2. The molecule has 1 amide bonds. The molecule has 0 unspecified atom stereocenters. The molecular weight excluding hydrogens is 350 g/mol. The van der Waals surface area contributed by atoms with E-state index in [9.17, 15) is 9.59 Å². The third-order valence-electron chi connectivity index (χ3n) is 4.63. The Balaban J connectivity index is 1.81. The van der Waals surface area contributed by atoms with Crippen molar-refractivity contribution < 1.29 is 14.3 Å². The molecule has 0 atom stereocenters. The highest BCUT2D eigenvalue weighted by Crippen LogP contribution is 2.23. The Morgan fingerprint density at radius 3 is 1.71 bits per heavy atom. The van der Waals surface area contributed by atoms with Crippen molar-refractivity contribution in [3.8, 4) is 0 Å². The second-order valence-corrected chi connectivity index (χ2v) is 9.12. The molecule has 1 N–H and O–H groups in total. The molecule has 4 heteroatoms. The summed E-state index contributed by atoms with van der Waals surface area (Å²) in [5.41, 5.74) is 3.95. The lowest BCUT2D eigenvalue weighted by Crippen LogP contribution is -2.30. The predicted octanol–water partition coefficient (Wildman–Crippen LogP) is 4.75. The molecule has 0 saturated carbocycles. The highest BCUT2D eigenvalue weighted by atomic mass is 16.5. The first-order chi connectivity index (χ1) is 13.0. The topological polar surface area (TPSA) is 55.4 Å². The van der Waals surface area contributed by atoms with Gasteiger partial charge in [0.05, 0.1) is 0 Å². The fourth-order valence-electron chi connectivity index (χ4n) is 2.69. The molecule has 28 heavy (non-hydrogen) atoms. The Morgan fingerprint density at radius 1 is 0.786 bits per heavy atom. The van der Waals surface area contributed by atoms with Crippen LogP contribution >= 0.6 is 0 Å². The number of hydrogen-bond acceptors (Lipinski definition) is 3. The van der Waals surface area contributed by atoms with E-state index >= 15 is 0 Å². The van der Waals surface area contributed by atoms with Gasteiger partial charge in [-0.15, -0.1) is 0 Å². The molecule has 0 aliphatic carbocycles. The normalized spacial score (nSPS) is 11.8. The molecule has 0 heterocycles. The second kappa shape index (κ2) is 8.59. The van der Waals surface area contributed by atoms with E-state index in [-0.39, 0.29) is 29.9 Å². The second-order valence-electron chi connectivity index (χ2n) is 9.12. The number of esters is 1. The minimum Gasteiger partial charge on any atom is -0.460 e. The van der Waals surface area contributed by atoms with Gasteiger partial charge in [-0.1, -0.05) is 77.9 Å². The van der Waals surface area contributed by atoms with Crippen LogP contribution in [0.2, 0.25) is 0 Å². The van der Waals surface area contributed by atoms with Gasteiger partial charge in [0.2, 0.25) is 0 Å². The number of rotatable bonds is 5. The van der Waals surface area contributed by atoms with E-state index in [1.165, 1.54) is 5.56 Å². The van der Waals surface area contributed by atoms with Crippen molar-refractivity contribution in [2.45, 2.75) is 59.0 Å². The molecule has 0 aromatic heterocycles. The van der Waals surface area contributed by atoms with Gasteiger partial charge in [-0.05, 0) is 39.7 Å². The van der Waals surface area contributed by atoms with Crippen LogP contribution in [0.4, 0.5) is 0 Å². The summed E-state index contributed by atoms with van der Waals surface area (Å²) < 4.78 is 5.25. The lowest BCUT2D eigenvalue weighted by Gasteiger charge is -2.19. The van der Waals surface area contributed by atoms with Gasteiger partial charge in [0, 0.05) is 5.56 Å². The maximum absolute atomic E-state index is 12.2. The summed E-state index contributed by atoms with van der Waals surface area (Å²) in [7, 11) is 0. The highest BCUT2D eigenvalue weighted by Gasteiger charge is 2.15. The van der Waals surface area contributed by atoms with Crippen molar-refractivity contribution >= 4 is 11.9 Å². The quantitative estimate of drug-likeness (QED) is 0.760. The molecule has 4 nitrogen and oxygen atoms in total. The Kier molecular flexibility index (Phi) is 6.65. The number of nitrogens with one attached hydrogen (secondary N) is 1. The maximum atomic E-state index is 12.2. The smallest absolute Gasteiger partial charge is 0.325 e. The van der Waals surface area contributed by atoms with Crippen molar-refractivity contribution in [3.05, 3.63) is 70.8 Å². The number of ether oxygens (including phenoxy) is 1. The molecule has 0 aliphatic heterocycles. The summed E-state index contributed by atoms with van der Waals surface area (Å²) in [6.45, 7) is 12.9. The highest BCUT2D eigenvalue weighted by molar-refractivity contribution is 5.95. The molecule has 2 aromatic carbocycles. The first-order valence-electron chi connectivity index (χ1n) is 9.60. The summed E-state index contributed by atoms with van der Waals surface area (Å²) in [4.78, 5) is 24.1. The number of hydrogen-bond donors (Lipinski definition) is 1. The van der Waals surface area contributed by atoms with Crippen molar-refractivity contribution in [2.24, 2.45) is 0 Å². The van der Waals surface area contributed by atoms with Gasteiger partial charge in [-0.25, -0.2) is 0 Å². The van der Waals surface area contributed by atoms with E-state index in [0.29, 0.717) is 5.56 Å². The van der Waals surface area contributed by atoms with E-state index in [1.54, 1.807) is 12.1 Å². The Morgan fingerprint density at radius 2 is 1.25 bits per heavy atom. The number of benzene rings is 2. The van der Waals surface area contributed by atoms with Crippen LogP contribution in [0, 0.1) is 0 Å². The van der Waals surface area contributed by atoms with Crippen LogP contribution in [0.5, 0.6) is 0 Å². The average molecular weight is 382 g/mol. The summed E-state index contributed by atoms with van der Waals surface area (Å²) in [6, 6.07) is 15.4. The minimum atomic E-state index is -0.459. The molecule has 0 fully saturated rings. The molecular formula is C24H31NO3. The Bertz CT molecular complexity index is 807. The Hall–Kier alpha value is -2.62. The first kappa shape index (κ1) is 21.7. The first-order valence-corrected chi connectivity index (χ1v) is 9.60. The van der Waals surface area contributed by atoms with Crippen molar-refractivity contribution in [1.82, 2.24) is 5.32 Å². The van der Waals surface area contributed by atoms with Gasteiger partial charge in [-0.2, -0.15) is 0 Å². The number of amides is 1. The fraction of sp³-hybridized carbons (Fsp3) is 0.417. The van der Waals surface area contributed by atoms with E-state index in [1.807, 2.05) is 36.4 Å². The van der Waals surface area contributed by atoms with Crippen molar-refractivity contribution in [2.75, 3.05) is 6.54 Å². The van der Waals surface area contributed by atoms with Gasteiger partial charge in [-0.3, -0.25) is 9.59 Å². The van der Waals surface area contributed by atoms with E-state index in [0.717, 1.165) is 11.1 Å². The maximum Gasteiger partial charge on any atom is 0.325 e. The average Bonchev–Trinajstić information content (AvgIpc) is 2.63. The van der Waals surface area contributed by atoms with Crippen LogP contribution < -0.4 is 5.32 Å². The molecule has 2 aromatic rings. The van der Waals surface area contributed by atoms with Gasteiger partial charge >= 0.3 is 5.97 Å². The summed E-state index contributed by atoms with van der Waals surface area (Å²) in [5, 5.41) is 2.61. The van der Waals surface area contributed by atoms with Crippen LogP contribution in [-0.4, -0.2) is 18.4 Å². The van der Waals surface area contributed by atoms with Crippen LogP contribution in [0.15, 0.2) is 48.5 Å². The molecule has 0 spiro atoms. The van der Waals surface area contributed by atoms with Crippen LogP contribution in [-0.2, 0) is 27.0 Å². The standard InChI is InChI=1S/C24H31NO3/c1-23(2,3)19-11-7-17(8-12-19)16-28-21(26)15-25-22(27)18-9-13-20(14-10-18)24(4,5)6/h7-14H,15-16H2,1-6H3,(H,25,27).